The molecule has 80 valence electrons. The lowest BCUT2D eigenvalue weighted by molar-refractivity contribution is -0.120. The first-order valence-corrected chi connectivity index (χ1v) is 5.60. The monoisotopic (exact) mass is 203 g/mol. The van der Waals surface area contributed by atoms with Crippen LogP contribution in [0.1, 0.15) is 30.7 Å². The molecule has 1 aliphatic rings. The van der Waals surface area contributed by atoms with Crippen LogP contribution in [0.4, 0.5) is 0 Å². The third kappa shape index (κ3) is 2.45. The van der Waals surface area contributed by atoms with E-state index in [4.69, 9.17) is 5.73 Å². The number of benzene rings is 1. The van der Waals surface area contributed by atoms with Crippen LogP contribution in [0.3, 0.4) is 0 Å². The summed E-state index contributed by atoms with van der Waals surface area (Å²) in [5.74, 6) is 1.16. The number of hydrogen-bond acceptors (Lipinski definition) is 2. The van der Waals surface area contributed by atoms with E-state index < -0.39 is 0 Å². The van der Waals surface area contributed by atoms with Crippen LogP contribution in [0.15, 0.2) is 30.3 Å². The van der Waals surface area contributed by atoms with Crippen molar-refractivity contribution in [2.75, 3.05) is 6.54 Å². The molecule has 2 heteroatoms. The van der Waals surface area contributed by atoms with Gasteiger partial charge >= 0.3 is 0 Å². The van der Waals surface area contributed by atoms with E-state index in [1.807, 2.05) is 18.2 Å². The summed E-state index contributed by atoms with van der Waals surface area (Å²) < 4.78 is 0. The fourth-order valence-corrected chi connectivity index (χ4v) is 2.08. The SMILES string of the molecule is NCCCC(=O)C1CC1c1ccccc1. The molecular weight excluding hydrogens is 186 g/mol. The Balaban J connectivity index is 1.88. The van der Waals surface area contributed by atoms with Crippen LogP contribution in [0.25, 0.3) is 0 Å². The molecule has 1 aromatic rings. The van der Waals surface area contributed by atoms with Gasteiger partial charge in [-0.05, 0) is 30.9 Å². The van der Waals surface area contributed by atoms with Crippen molar-refractivity contribution < 1.29 is 4.79 Å². The molecule has 0 radical (unpaired) electrons. The molecule has 1 saturated carbocycles. The third-order valence-electron chi connectivity index (χ3n) is 3.06. The smallest absolute Gasteiger partial charge is 0.136 e. The zero-order valence-corrected chi connectivity index (χ0v) is 8.86. The van der Waals surface area contributed by atoms with Crippen molar-refractivity contribution in [1.82, 2.24) is 0 Å². The highest BCUT2D eigenvalue weighted by atomic mass is 16.1. The predicted molar refractivity (Wildman–Crippen MR) is 60.6 cm³/mol. The summed E-state index contributed by atoms with van der Waals surface area (Å²) in [6.45, 7) is 0.620. The summed E-state index contributed by atoms with van der Waals surface area (Å²) in [4.78, 5) is 11.7. The summed E-state index contributed by atoms with van der Waals surface area (Å²) in [7, 11) is 0. The van der Waals surface area contributed by atoms with Gasteiger partial charge < -0.3 is 5.73 Å². The van der Waals surface area contributed by atoms with Gasteiger partial charge in [-0.15, -0.1) is 0 Å². The number of carbonyl (C=O) groups is 1. The van der Waals surface area contributed by atoms with Crippen LogP contribution >= 0.6 is 0 Å². The van der Waals surface area contributed by atoms with Gasteiger partial charge in [0.25, 0.3) is 0 Å². The minimum atomic E-state index is 0.277. The van der Waals surface area contributed by atoms with E-state index in [9.17, 15) is 4.79 Å². The van der Waals surface area contributed by atoms with Crippen LogP contribution in [0.2, 0.25) is 0 Å². The summed E-state index contributed by atoms with van der Waals surface area (Å²) >= 11 is 0. The molecule has 1 fully saturated rings. The van der Waals surface area contributed by atoms with Gasteiger partial charge in [0.2, 0.25) is 0 Å². The number of ketones is 1. The molecule has 0 heterocycles. The minimum Gasteiger partial charge on any atom is -0.330 e. The molecule has 0 spiro atoms. The molecule has 2 atom stereocenters. The zero-order chi connectivity index (χ0) is 10.7. The standard InChI is InChI=1S/C13H17NO/c14-8-4-7-13(15)12-9-11(12)10-5-2-1-3-6-10/h1-3,5-6,11-12H,4,7-9,14H2. The van der Waals surface area contributed by atoms with Crippen LogP contribution in [-0.2, 0) is 4.79 Å². The van der Waals surface area contributed by atoms with Gasteiger partial charge in [0, 0.05) is 12.3 Å². The lowest BCUT2D eigenvalue weighted by Gasteiger charge is -1.99. The molecule has 1 aliphatic carbocycles. The first-order valence-electron chi connectivity index (χ1n) is 5.60. The van der Waals surface area contributed by atoms with E-state index in [2.05, 4.69) is 12.1 Å². The third-order valence-corrected chi connectivity index (χ3v) is 3.06. The summed E-state index contributed by atoms with van der Waals surface area (Å²) in [5, 5.41) is 0. The van der Waals surface area contributed by atoms with Crippen molar-refractivity contribution in [3.8, 4) is 0 Å². The Labute approximate surface area is 90.5 Å². The fraction of sp³-hybridized carbons (Fsp3) is 0.462. The maximum atomic E-state index is 11.7. The van der Waals surface area contributed by atoms with E-state index in [-0.39, 0.29) is 5.92 Å². The topological polar surface area (TPSA) is 43.1 Å². The highest BCUT2D eigenvalue weighted by molar-refractivity contribution is 5.84. The molecular formula is C13H17NO. The van der Waals surface area contributed by atoms with Crippen LogP contribution in [-0.4, -0.2) is 12.3 Å². The number of rotatable bonds is 5. The summed E-state index contributed by atoms with van der Waals surface area (Å²) in [5.41, 5.74) is 6.70. The van der Waals surface area contributed by atoms with Crippen LogP contribution < -0.4 is 5.73 Å². The van der Waals surface area contributed by atoms with Crippen LogP contribution in [0.5, 0.6) is 0 Å². The molecule has 0 saturated heterocycles. The minimum absolute atomic E-state index is 0.277. The molecule has 1 aromatic carbocycles. The average molecular weight is 203 g/mol. The lowest BCUT2D eigenvalue weighted by Crippen LogP contribution is -2.06. The van der Waals surface area contributed by atoms with Gasteiger partial charge in [-0.3, -0.25) is 4.79 Å². The molecule has 2 rings (SSSR count). The molecule has 0 aliphatic heterocycles. The van der Waals surface area contributed by atoms with Gasteiger partial charge in [-0.2, -0.15) is 0 Å². The summed E-state index contributed by atoms with van der Waals surface area (Å²) in [6.07, 6.45) is 2.52. The second-order valence-electron chi connectivity index (χ2n) is 4.22. The molecule has 0 amide bonds. The zero-order valence-electron chi connectivity index (χ0n) is 8.86. The van der Waals surface area contributed by atoms with E-state index in [1.54, 1.807) is 0 Å². The lowest BCUT2D eigenvalue weighted by atomic mass is 10.1. The first-order chi connectivity index (χ1) is 7.33. The van der Waals surface area contributed by atoms with Gasteiger partial charge in [-0.1, -0.05) is 30.3 Å². The highest BCUT2D eigenvalue weighted by Crippen LogP contribution is 2.48. The number of hydrogen-bond donors (Lipinski definition) is 1. The normalized spacial score (nSPS) is 23.8. The Morgan fingerprint density at radius 1 is 1.33 bits per heavy atom. The van der Waals surface area contributed by atoms with Crippen LogP contribution in [0, 0.1) is 5.92 Å². The molecule has 15 heavy (non-hydrogen) atoms. The second kappa shape index (κ2) is 4.58. The molecule has 2 N–H and O–H groups in total. The Bertz CT molecular complexity index is 334. The summed E-state index contributed by atoms with van der Waals surface area (Å²) in [6, 6.07) is 10.3. The maximum absolute atomic E-state index is 11.7. The molecule has 0 bridgehead atoms. The van der Waals surface area contributed by atoms with E-state index in [1.165, 1.54) is 5.56 Å². The number of Topliss-reactive ketones (excluding diaryl/α,β-unsaturated/α-hetero) is 1. The maximum Gasteiger partial charge on any atom is 0.136 e. The first kappa shape index (κ1) is 10.4. The molecule has 0 aromatic heterocycles. The Kier molecular flexibility index (Phi) is 3.17. The van der Waals surface area contributed by atoms with Crippen molar-refractivity contribution in [1.29, 1.82) is 0 Å². The fourth-order valence-electron chi connectivity index (χ4n) is 2.08. The van der Waals surface area contributed by atoms with Crippen molar-refractivity contribution in [2.24, 2.45) is 11.7 Å². The van der Waals surface area contributed by atoms with E-state index in [0.717, 1.165) is 12.8 Å². The Morgan fingerprint density at radius 3 is 2.73 bits per heavy atom. The Morgan fingerprint density at radius 2 is 2.07 bits per heavy atom. The van der Waals surface area contributed by atoms with Gasteiger partial charge in [0.15, 0.2) is 0 Å². The predicted octanol–water partition coefficient (Wildman–Crippen LogP) is 2.10. The largest absolute Gasteiger partial charge is 0.330 e. The van der Waals surface area contributed by atoms with Gasteiger partial charge in [-0.25, -0.2) is 0 Å². The van der Waals surface area contributed by atoms with Crippen molar-refractivity contribution in [3.63, 3.8) is 0 Å². The van der Waals surface area contributed by atoms with Gasteiger partial charge in [0.1, 0.15) is 5.78 Å². The molecule has 2 unspecified atom stereocenters. The Hall–Kier alpha value is -1.15. The number of carbonyl (C=O) groups excluding carboxylic acids is 1. The van der Waals surface area contributed by atoms with Crippen molar-refractivity contribution >= 4 is 5.78 Å². The number of nitrogens with two attached hydrogens (primary N) is 1. The van der Waals surface area contributed by atoms with Gasteiger partial charge in [0.05, 0.1) is 0 Å². The quantitative estimate of drug-likeness (QED) is 0.796. The van der Waals surface area contributed by atoms with Crippen molar-refractivity contribution in [3.05, 3.63) is 35.9 Å². The van der Waals surface area contributed by atoms with E-state index >= 15 is 0 Å². The molecule has 2 nitrogen and oxygen atoms in total. The highest BCUT2D eigenvalue weighted by Gasteiger charge is 2.42. The average Bonchev–Trinajstić information content (AvgIpc) is 3.07. The van der Waals surface area contributed by atoms with E-state index in [0.29, 0.717) is 24.7 Å². The second-order valence-corrected chi connectivity index (χ2v) is 4.22. The van der Waals surface area contributed by atoms with Crippen molar-refractivity contribution in [2.45, 2.75) is 25.2 Å².